The van der Waals surface area contributed by atoms with Gasteiger partial charge in [-0.3, -0.25) is 71.9 Å². The van der Waals surface area contributed by atoms with Crippen LogP contribution in [-0.4, -0.2) is 229 Å². The zero-order valence-corrected chi connectivity index (χ0v) is 58.6. The van der Waals surface area contributed by atoms with E-state index >= 15 is 0 Å². The minimum Gasteiger partial charge on any atom is -0.508 e. The topological polar surface area (TPSA) is 637 Å². The molecule has 0 radical (unpaired) electrons. The average molecular weight is 1460 g/mol. The fourth-order valence-electron chi connectivity index (χ4n) is 9.28. The van der Waals surface area contributed by atoms with E-state index in [4.69, 9.17) is 28.7 Å². The van der Waals surface area contributed by atoms with E-state index in [2.05, 4.69) is 71.1 Å². The predicted molar refractivity (Wildman–Crippen MR) is 364 cm³/mol. The summed E-state index contributed by atoms with van der Waals surface area (Å²) in [6.45, 7) is 8.79. The van der Waals surface area contributed by atoms with E-state index in [0.29, 0.717) is 6.42 Å². The van der Waals surface area contributed by atoms with E-state index < -0.39 is 249 Å². The monoisotopic (exact) mass is 1460 g/mol. The van der Waals surface area contributed by atoms with Gasteiger partial charge < -0.3 is 113 Å². The maximum absolute atomic E-state index is 14.3. The number of aromatic hydroxyl groups is 1. The number of nitrogens with one attached hydrogen (secondary N) is 11. The molecule has 0 spiro atoms. The number of amides is 14. The molecule has 100 heavy (non-hydrogen) atoms. The third kappa shape index (κ3) is 33.3. The molecule has 0 saturated carbocycles. The Kier molecular flexibility index (Phi) is 40.7. The minimum atomic E-state index is -2.06. The number of thiol groups is 1. The minimum absolute atomic E-state index is 0.0644. The van der Waals surface area contributed by atoms with E-state index in [-0.39, 0.29) is 48.8 Å². The number of benzene rings is 1. The second-order valence-corrected chi connectivity index (χ2v) is 25.7. The van der Waals surface area contributed by atoms with Crippen LogP contribution in [0.3, 0.4) is 0 Å². The summed E-state index contributed by atoms with van der Waals surface area (Å²) in [6, 6.07) is -14.4. The summed E-state index contributed by atoms with van der Waals surface area (Å²) in [5.74, 6) is -19.2. The number of unbranched alkanes of at least 4 members (excludes halogenated alkanes) is 1. The van der Waals surface area contributed by atoms with E-state index in [9.17, 15) is 102 Å². The molecule has 0 bridgehead atoms. The van der Waals surface area contributed by atoms with E-state index in [1.54, 1.807) is 34.0 Å². The van der Waals surface area contributed by atoms with Crippen molar-refractivity contribution < 1.29 is 102 Å². The van der Waals surface area contributed by atoms with Crippen molar-refractivity contribution in [3.63, 3.8) is 0 Å². The number of carbonyl (C=O) groups is 16. The normalized spacial score (nSPS) is 15.4. The number of aliphatic hydroxyl groups is 2. The van der Waals surface area contributed by atoms with Gasteiger partial charge in [-0.25, -0.2) is 4.79 Å². The number of carboxylic acid groups (broad SMARTS) is 2. The van der Waals surface area contributed by atoms with Gasteiger partial charge in [-0.05, 0) is 113 Å². The van der Waals surface area contributed by atoms with Gasteiger partial charge in [0.25, 0.3) is 0 Å². The van der Waals surface area contributed by atoms with E-state index in [1.165, 1.54) is 36.0 Å². The molecule has 37 nitrogen and oxygen atoms in total. The third-order valence-electron chi connectivity index (χ3n) is 15.2. The molecule has 1 rings (SSSR count). The summed E-state index contributed by atoms with van der Waals surface area (Å²) < 4.78 is 0. The van der Waals surface area contributed by atoms with Gasteiger partial charge in [-0.1, -0.05) is 39.8 Å². The molecule has 562 valence electrons. The summed E-state index contributed by atoms with van der Waals surface area (Å²) in [4.78, 5) is 213. The Morgan fingerprint density at radius 1 is 0.430 bits per heavy atom. The smallest absolute Gasteiger partial charge is 0.326 e. The van der Waals surface area contributed by atoms with Crippen molar-refractivity contribution >= 4 is 119 Å². The lowest BCUT2D eigenvalue weighted by Gasteiger charge is -2.29. The molecule has 0 heterocycles. The van der Waals surface area contributed by atoms with Crippen molar-refractivity contribution in [1.29, 1.82) is 0 Å². The highest BCUT2D eigenvalue weighted by Gasteiger charge is 2.39. The first-order chi connectivity index (χ1) is 46.8. The number of primary amides is 3. The molecule has 14 atom stereocenters. The van der Waals surface area contributed by atoms with Gasteiger partial charge in [-0.2, -0.15) is 24.4 Å². The number of aliphatic carboxylic acids is 2. The zero-order chi connectivity index (χ0) is 76.3. The number of hydrogen-bond donors (Lipinski definition) is 22. The summed E-state index contributed by atoms with van der Waals surface area (Å²) in [5.41, 5.74) is 27.9. The van der Waals surface area contributed by atoms with Gasteiger partial charge in [0.15, 0.2) is 0 Å². The van der Waals surface area contributed by atoms with E-state index in [1.807, 2.05) is 0 Å². The first-order valence-electron chi connectivity index (χ1n) is 32.1. The summed E-state index contributed by atoms with van der Waals surface area (Å²) in [7, 11) is 0. The van der Waals surface area contributed by atoms with Gasteiger partial charge in [0.2, 0.25) is 82.7 Å². The van der Waals surface area contributed by atoms with Crippen molar-refractivity contribution in [3.05, 3.63) is 29.8 Å². The van der Waals surface area contributed by atoms with Crippen molar-refractivity contribution in [2.24, 2.45) is 40.5 Å². The fourth-order valence-corrected chi connectivity index (χ4v) is 10.0. The van der Waals surface area contributed by atoms with Crippen LogP contribution in [0.15, 0.2) is 24.3 Å². The van der Waals surface area contributed by atoms with Gasteiger partial charge in [0.05, 0.1) is 18.2 Å². The standard InChI is InChI=1S/C61H100N16O21S2/c1-28(2)46(66)57(93)75-47(29(3)4)58(94)70-37(18-22-45(84)85)51(87)67-34(15-19-42(63)81)50(86)69-38(23-25-100-7)54(90)74-41(27-99)56(92)76-49(31(6)79)60(96)77-48(30(5)78)59(95)71-36(17-21-44(65)83)53(89)73-40(26-32-11-13-33(80)14-12-32)55(91)68-35(16-20-43(64)82)52(88)72-39(61(97)98)10-8-9-24-62/h11-14,28-31,34-41,46-49,78-80,99H,8-10,15-27,62,66H2,1-7H3,(H2,63,81)(H2,64,82)(H2,65,83)(H,67,87)(H,68,91)(H,69,86)(H,70,94)(H,71,95)(H,72,88)(H,73,89)(H,74,90)(H,75,93)(H,76,92)(H,77,96)(H,84,85)(H,97,98)/t30-,31-,34+,35+,36+,37+,38+,39+,40+,41+,46+,47+,48+,49+/m1/s1. The number of aliphatic hydroxyl groups excluding tert-OH is 2. The highest BCUT2D eigenvalue weighted by molar-refractivity contribution is 7.98. The van der Waals surface area contributed by atoms with Crippen LogP contribution in [-0.2, 0) is 83.1 Å². The number of nitrogens with two attached hydrogens (primary N) is 5. The number of thioether (sulfide) groups is 1. The molecular formula is C61H100N16O21S2. The molecule has 0 aliphatic carbocycles. The Labute approximate surface area is 587 Å². The van der Waals surface area contributed by atoms with Crippen molar-refractivity contribution in [2.75, 3.05) is 24.3 Å². The molecule has 1 aromatic rings. The number of carbonyl (C=O) groups excluding carboxylic acids is 14. The first kappa shape index (κ1) is 89.1. The molecular weight excluding hydrogens is 1360 g/mol. The average Bonchev–Trinajstić information content (AvgIpc) is 0.879. The molecule has 0 fully saturated rings. The molecule has 0 aliphatic rings. The van der Waals surface area contributed by atoms with Gasteiger partial charge in [-0.15, -0.1) is 0 Å². The van der Waals surface area contributed by atoms with Crippen molar-refractivity contribution in [3.8, 4) is 5.75 Å². The second kappa shape index (κ2) is 45.7. The molecule has 1 aromatic carbocycles. The molecule has 14 amide bonds. The Balaban J connectivity index is 3.59. The van der Waals surface area contributed by atoms with Crippen LogP contribution in [0, 0.1) is 11.8 Å². The summed E-state index contributed by atoms with van der Waals surface area (Å²) >= 11 is 5.39. The first-order valence-corrected chi connectivity index (χ1v) is 34.1. The summed E-state index contributed by atoms with van der Waals surface area (Å²) in [6.07, 6.45) is -6.35. The molecule has 39 heteroatoms. The van der Waals surface area contributed by atoms with Crippen LogP contribution in [0.1, 0.15) is 124 Å². The molecule has 0 saturated heterocycles. The Morgan fingerprint density at radius 2 is 0.770 bits per heavy atom. The van der Waals surface area contributed by atoms with Crippen molar-refractivity contribution in [2.45, 2.75) is 210 Å². The Bertz CT molecular complexity index is 2980. The van der Waals surface area contributed by atoms with Crippen LogP contribution in [0.5, 0.6) is 5.75 Å². The molecule has 0 aliphatic heterocycles. The highest BCUT2D eigenvalue weighted by atomic mass is 32.2. The SMILES string of the molecule is CSCC[C@H](NC(=O)[C@H](CCC(N)=O)NC(=O)[C@H](CCC(=O)O)NC(=O)[C@@H](NC(=O)[C@@H](N)C(C)C)C(C)C)C(=O)N[C@@H](CS)C(=O)N[C@H](C(=O)N[C@H](C(=O)N[C@@H](CCC(N)=O)C(=O)N[C@@H](Cc1ccc(O)cc1)C(=O)N[C@@H](CCC(N)=O)C(=O)N[C@@H](CCCCN)C(=O)O)[C@@H](C)O)[C@@H](C)O. The zero-order valence-electron chi connectivity index (χ0n) is 56.9. The largest absolute Gasteiger partial charge is 0.508 e. The third-order valence-corrected chi connectivity index (χ3v) is 16.2. The lowest BCUT2D eigenvalue weighted by molar-refractivity contribution is -0.142. The number of hydrogen-bond acceptors (Lipinski definition) is 23. The van der Waals surface area contributed by atoms with Crippen LogP contribution < -0.4 is 87.2 Å². The number of phenolic OH excluding ortho intramolecular Hbond substituents is 1. The summed E-state index contributed by atoms with van der Waals surface area (Å²) in [5, 5.41) is 77.0. The Hall–Kier alpha value is -8.92. The van der Waals surface area contributed by atoms with Crippen LogP contribution in [0.4, 0.5) is 0 Å². The van der Waals surface area contributed by atoms with Gasteiger partial charge in [0.1, 0.15) is 72.2 Å². The Morgan fingerprint density at radius 3 is 1.14 bits per heavy atom. The molecule has 26 N–H and O–H groups in total. The van der Waals surface area contributed by atoms with Crippen LogP contribution >= 0.6 is 24.4 Å². The number of phenols is 1. The van der Waals surface area contributed by atoms with Gasteiger partial charge >= 0.3 is 11.9 Å². The highest BCUT2D eigenvalue weighted by Crippen LogP contribution is 2.15. The van der Waals surface area contributed by atoms with E-state index in [0.717, 1.165) is 13.8 Å². The van der Waals surface area contributed by atoms with Crippen LogP contribution in [0.25, 0.3) is 0 Å². The maximum atomic E-state index is 14.3. The number of carboxylic acids is 2. The molecule has 0 aromatic heterocycles. The predicted octanol–water partition coefficient (Wildman–Crippen LogP) is -6.77. The van der Waals surface area contributed by atoms with Gasteiger partial charge in [0, 0.05) is 37.9 Å². The quantitative estimate of drug-likeness (QED) is 0.0213. The van der Waals surface area contributed by atoms with Crippen molar-refractivity contribution in [1.82, 2.24) is 58.5 Å². The second-order valence-electron chi connectivity index (χ2n) is 24.3. The maximum Gasteiger partial charge on any atom is 0.326 e. The molecule has 0 unspecified atom stereocenters. The number of rotatable bonds is 49. The lowest BCUT2D eigenvalue weighted by Crippen LogP contribution is -2.63. The lowest BCUT2D eigenvalue weighted by atomic mass is 9.99. The van der Waals surface area contributed by atoms with Crippen LogP contribution in [0.2, 0.25) is 0 Å². The fraction of sp³-hybridized carbons (Fsp3) is 0.639.